The Kier molecular flexibility index (Phi) is 4.95. The molecule has 1 aromatic rings. The molecule has 0 saturated carbocycles. The third kappa shape index (κ3) is 4.36. The summed E-state index contributed by atoms with van der Waals surface area (Å²) in [5.74, 6) is 1.27. The normalized spacial score (nSPS) is 11.2. The van der Waals surface area contributed by atoms with Gasteiger partial charge in [-0.05, 0) is 26.0 Å². The Morgan fingerprint density at radius 1 is 1.42 bits per heavy atom. The van der Waals surface area contributed by atoms with Crippen LogP contribution < -0.4 is 10.2 Å². The van der Waals surface area contributed by atoms with E-state index in [1.54, 1.807) is 19.1 Å². The molecule has 100 valence electrons. The van der Waals surface area contributed by atoms with Gasteiger partial charge in [-0.2, -0.15) is 0 Å². The number of amides is 2. The molecule has 2 amide bonds. The van der Waals surface area contributed by atoms with E-state index >= 15 is 0 Å². The maximum atomic E-state index is 12.0. The summed E-state index contributed by atoms with van der Waals surface area (Å²) in [6, 6.07) is 6.01. The second-order valence-corrected chi connectivity index (χ2v) is 4.15. The van der Waals surface area contributed by atoms with E-state index in [-0.39, 0.29) is 0 Å². The highest BCUT2D eigenvalue weighted by Gasteiger charge is 2.19. The molecular weight excluding hydrogens is 244 g/mol. The number of carbonyl (C=O) groups excluding carboxylic acids is 1. The highest BCUT2D eigenvalue weighted by atomic mass is 16.4. The van der Waals surface area contributed by atoms with Crippen molar-refractivity contribution in [1.29, 1.82) is 0 Å². The highest BCUT2D eigenvalue weighted by Crippen LogP contribution is 2.15. The van der Waals surface area contributed by atoms with Gasteiger partial charge in [-0.25, -0.2) is 4.79 Å². The smallest absolute Gasteiger partial charge is 0.323 e. The molecule has 0 aliphatic carbocycles. The molecule has 5 nitrogen and oxygen atoms in total. The predicted molar refractivity (Wildman–Crippen MR) is 73.0 cm³/mol. The van der Waals surface area contributed by atoms with Gasteiger partial charge in [0, 0.05) is 5.69 Å². The number of carboxylic acids is 1. The van der Waals surface area contributed by atoms with E-state index in [9.17, 15) is 9.59 Å². The van der Waals surface area contributed by atoms with Crippen molar-refractivity contribution in [3.05, 3.63) is 29.8 Å². The van der Waals surface area contributed by atoms with Crippen LogP contribution in [0.5, 0.6) is 0 Å². The molecule has 1 aromatic carbocycles. The summed E-state index contributed by atoms with van der Waals surface area (Å²) >= 11 is 0. The van der Waals surface area contributed by atoms with Crippen LogP contribution >= 0.6 is 0 Å². The lowest BCUT2D eigenvalue weighted by Gasteiger charge is -2.22. The van der Waals surface area contributed by atoms with Crippen LogP contribution in [0.4, 0.5) is 10.5 Å². The van der Waals surface area contributed by atoms with Gasteiger partial charge in [-0.1, -0.05) is 23.6 Å². The number of carbonyl (C=O) groups is 2. The molecule has 0 aliphatic heterocycles. The Hall–Kier alpha value is -2.48. The number of terminal acetylenes is 1. The fourth-order valence-corrected chi connectivity index (χ4v) is 1.45. The fourth-order valence-electron chi connectivity index (χ4n) is 1.45. The average Bonchev–Trinajstić information content (AvgIpc) is 2.36. The van der Waals surface area contributed by atoms with Gasteiger partial charge in [0.25, 0.3) is 0 Å². The molecule has 0 aromatic heterocycles. The zero-order valence-electron chi connectivity index (χ0n) is 10.9. The molecule has 19 heavy (non-hydrogen) atoms. The monoisotopic (exact) mass is 260 g/mol. The Morgan fingerprint density at radius 3 is 2.47 bits per heavy atom. The minimum absolute atomic E-state index is 0.424. The van der Waals surface area contributed by atoms with Crippen molar-refractivity contribution in [1.82, 2.24) is 5.32 Å². The maximum absolute atomic E-state index is 12.0. The first-order chi connectivity index (χ1) is 8.93. The van der Waals surface area contributed by atoms with Crippen LogP contribution in [0.2, 0.25) is 0 Å². The number of anilines is 1. The van der Waals surface area contributed by atoms with Crippen molar-refractivity contribution in [3.63, 3.8) is 0 Å². The molecule has 0 spiro atoms. The number of carboxylic acid groups (broad SMARTS) is 1. The van der Waals surface area contributed by atoms with E-state index in [0.717, 1.165) is 10.5 Å². The van der Waals surface area contributed by atoms with Gasteiger partial charge >= 0.3 is 12.0 Å². The summed E-state index contributed by atoms with van der Waals surface area (Å²) in [5.41, 5.74) is 1.53. The van der Waals surface area contributed by atoms with Crippen LogP contribution in [0.3, 0.4) is 0 Å². The van der Waals surface area contributed by atoms with Gasteiger partial charge in [0.1, 0.15) is 6.54 Å². The lowest BCUT2D eigenvalue weighted by atomic mass is 10.2. The van der Waals surface area contributed by atoms with Crippen molar-refractivity contribution in [2.24, 2.45) is 0 Å². The quantitative estimate of drug-likeness (QED) is 0.808. The van der Waals surface area contributed by atoms with Gasteiger partial charge in [0.05, 0.1) is 6.04 Å². The molecule has 0 heterocycles. The van der Waals surface area contributed by atoms with E-state index in [0.29, 0.717) is 5.69 Å². The fraction of sp³-hybridized carbons (Fsp3) is 0.286. The summed E-state index contributed by atoms with van der Waals surface area (Å²) in [5, 5.41) is 11.4. The van der Waals surface area contributed by atoms with Crippen LogP contribution in [-0.4, -0.2) is 29.7 Å². The number of hydrogen-bond acceptors (Lipinski definition) is 2. The summed E-state index contributed by atoms with van der Waals surface area (Å²) < 4.78 is 0. The number of nitrogens with one attached hydrogen (secondary N) is 1. The lowest BCUT2D eigenvalue weighted by Crippen LogP contribution is -2.45. The molecule has 0 fully saturated rings. The predicted octanol–water partition coefficient (Wildman–Crippen LogP) is 1.62. The third-order valence-corrected chi connectivity index (χ3v) is 2.47. The first kappa shape index (κ1) is 14.6. The first-order valence-corrected chi connectivity index (χ1v) is 5.76. The molecule has 2 N–H and O–H groups in total. The number of benzene rings is 1. The van der Waals surface area contributed by atoms with Crippen LogP contribution in [0.25, 0.3) is 0 Å². The molecule has 1 rings (SSSR count). The van der Waals surface area contributed by atoms with Crippen LogP contribution in [-0.2, 0) is 4.79 Å². The van der Waals surface area contributed by atoms with Crippen molar-refractivity contribution in [2.75, 3.05) is 11.4 Å². The van der Waals surface area contributed by atoms with Gasteiger partial charge in [0.2, 0.25) is 0 Å². The maximum Gasteiger partial charge on any atom is 0.323 e. The number of rotatable bonds is 4. The Labute approximate surface area is 112 Å². The number of urea groups is 1. The number of nitrogens with zero attached hydrogens (tertiary/aromatic N) is 1. The molecule has 0 radical (unpaired) electrons. The molecule has 1 atom stereocenters. The highest BCUT2D eigenvalue weighted by molar-refractivity contribution is 5.96. The zero-order valence-corrected chi connectivity index (χ0v) is 10.9. The Bertz CT molecular complexity index is 502. The van der Waals surface area contributed by atoms with Crippen LogP contribution in [0.15, 0.2) is 24.3 Å². The van der Waals surface area contributed by atoms with Crippen molar-refractivity contribution in [2.45, 2.75) is 19.9 Å². The standard InChI is InChI=1S/C14H16N2O3/c1-4-11(3)15-14(19)16(9-13(17)18)12-7-5-10(2)6-8-12/h1,5-8,11H,9H2,2-3H3,(H,15,19)(H,17,18). The van der Waals surface area contributed by atoms with Gasteiger partial charge in [-0.3, -0.25) is 9.69 Å². The van der Waals surface area contributed by atoms with E-state index in [1.165, 1.54) is 0 Å². The van der Waals surface area contributed by atoms with E-state index in [1.807, 2.05) is 19.1 Å². The topological polar surface area (TPSA) is 69.6 Å². The van der Waals surface area contributed by atoms with Crippen molar-refractivity contribution in [3.8, 4) is 12.3 Å². The second kappa shape index (κ2) is 6.45. The molecule has 5 heteroatoms. The largest absolute Gasteiger partial charge is 0.480 e. The molecule has 0 saturated heterocycles. The number of aryl methyl sites for hydroxylation is 1. The zero-order chi connectivity index (χ0) is 14.4. The first-order valence-electron chi connectivity index (χ1n) is 5.76. The minimum Gasteiger partial charge on any atom is -0.480 e. The van der Waals surface area contributed by atoms with E-state index in [2.05, 4.69) is 11.2 Å². The van der Waals surface area contributed by atoms with Gasteiger partial charge in [-0.15, -0.1) is 6.42 Å². The third-order valence-electron chi connectivity index (χ3n) is 2.47. The molecule has 0 bridgehead atoms. The summed E-state index contributed by atoms with van der Waals surface area (Å²) in [6.07, 6.45) is 5.18. The van der Waals surface area contributed by atoms with Gasteiger partial charge in [0.15, 0.2) is 0 Å². The summed E-state index contributed by atoms with van der Waals surface area (Å²) in [7, 11) is 0. The summed E-state index contributed by atoms with van der Waals surface area (Å²) in [4.78, 5) is 24.0. The van der Waals surface area contributed by atoms with Crippen molar-refractivity contribution < 1.29 is 14.7 Å². The molecular formula is C14H16N2O3. The lowest BCUT2D eigenvalue weighted by molar-refractivity contribution is -0.135. The van der Waals surface area contributed by atoms with E-state index < -0.39 is 24.6 Å². The van der Waals surface area contributed by atoms with Crippen LogP contribution in [0, 0.1) is 19.3 Å². The Balaban J connectivity index is 2.94. The molecule has 1 unspecified atom stereocenters. The summed E-state index contributed by atoms with van der Waals surface area (Å²) in [6.45, 7) is 3.13. The van der Waals surface area contributed by atoms with Crippen LogP contribution in [0.1, 0.15) is 12.5 Å². The van der Waals surface area contributed by atoms with Gasteiger partial charge < -0.3 is 10.4 Å². The van der Waals surface area contributed by atoms with Crippen molar-refractivity contribution >= 4 is 17.7 Å². The van der Waals surface area contributed by atoms with E-state index in [4.69, 9.17) is 11.5 Å². The second-order valence-electron chi connectivity index (χ2n) is 4.15. The number of hydrogen-bond donors (Lipinski definition) is 2. The minimum atomic E-state index is -1.09. The SMILES string of the molecule is C#CC(C)NC(=O)N(CC(=O)O)c1ccc(C)cc1. The Morgan fingerprint density at radius 2 is 2.00 bits per heavy atom. The molecule has 0 aliphatic rings. The number of aliphatic carboxylic acids is 1. The average molecular weight is 260 g/mol.